The first-order valence-corrected chi connectivity index (χ1v) is 5.27. The van der Waals surface area contributed by atoms with Crippen LogP contribution in [-0.2, 0) is 9.53 Å². The largest absolute Gasteiger partial charge is 0.500 e. The Morgan fingerprint density at radius 2 is 2.35 bits per heavy atom. The summed E-state index contributed by atoms with van der Waals surface area (Å²) in [7, 11) is 0. The van der Waals surface area contributed by atoms with E-state index in [1.807, 2.05) is 25.1 Å². The zero-order valence-corrected chi connectivity index (χ0v) is 9.86. The van der Waals surface area contributed by atoms with E-state index in [0.717, 1.165) is 5.56 Å². The Labute approximate surface area is 101 Å². The molecule has 17 heavy (non-hydrogen) atoms. The van der Waals surface area contributed by atoms with Gasteiger partial charge in [0.15, 0.2) is 5.57 Å². The second-order valence-electron chi connectivity index (χ2n) is 3.42. The zero-order valence-electron chi connectivity index (χ0n) is 9.86. The number of amides is 1. The number of rotatable bonds is 4. The van der Waals surface area contributed by atoms with Gasteiger partial charge >= 0.3 is 0 Å². The Kier molecular flexibility index (Phi) is 4.77. The molecular formula is C13H14N2O2. The molecule has 1 N–H and O–H groups in total. The van der Waals surface area contributed by atoms with Gasteiger partial charge in [-0.15, -0.1) is 0 Å². The molecule has 0 aliphatic carbocycles. The number of hydrogen-bond donors (Lipinski definition) is 1. The van der Waals surface area contributed by atoms with Gasteiger partial charge in [-0.05, 0) is 31.5 Å². The van der Waals surface area contributed by atoms with Crippen LogP contribution in [0.2, 0.25) is 0 Å². The topological polar surface area (TPSA) is 62.1 Å². The minimum atomic E-state index is -0.466. The summed E-state index contributed by atoms with van der Waals surface area (Å²) >= 11 is 0. The van der Waals surface area contributed by atoms with Crippen LogP contribution in [0.3, 0.4) is 0 Å². The van der Waals surface area contributed by atoms with E-state index in [0.29, 0.717) is 12.3 Å². The van der Waals surface area contributed by atoms with Crippen molar-refractivity contribution in [2.24, 2.45) is 0 Å². The number of ether oxygens (including phenoxy) is 1. The molecule has 1 aromatic rings. The average Bonchev–Trinajstić information content (AvgIpc) is 2.30. The molecule has 0 aliphatic rings. The minimum Gasteiger partial charge on any atom is -0.500 e. The molecule has 0 heterocycles. The van der Waals surface area contributed by atoms with Crippen molar-refractivity contribution in [2.75, 3.05) is 11.9 Å². The summed E-state index contributed by atoms with van der Waals surface area (Å²) in [6.45, 7) is 4.13. The number of nitrogens with one attached hydrogen (secondary N) is 1. The average molecular weight is 230 g/mol. The van der Waals surface area contributed by atoms with Gasteiger partial charge in [0.1, 0.15) is 12.3 Å². The molecular weight excluding hydrogens is 216 g/mol. The molecule has 0 fully saturated rings. The Morgan fingerprint density at radius 3 is 2.94 bits per heavy atom. The third-order valence-electron chi connectivity index (χ3n) is 2.01. The molecule has 4 nitrogen and oxygen atoms in total. The summed E-state index contributed by atoms with van der Waals surface area (Å²) in [4.78, 5) is 11.7. The highest BCUT2D eigenvalue weighted by atomic mass is 16.5. The molecule has 88 valence electrons. The van der Waals surface area contributed by atoms with Gasteiger partial charge in [0.05, 0.1) is 6.61 Å². The van der Waals surface area contributed by atoms with Crippen molar-refractivity contribution in [3.8, 4) is 6.07 Å². The van der Waals surface area contributed by atoms with E-state index in [-0.39, 0.29) is 5.57 Å². The first-order valence-electron chi connectivity index (χ1n) is 5.27. The van der Waals surface area contributed by atoms with Gasteiger partial charge in [-0.3, -0.25) is 4.79 Å². The van der Waals surface area contributed by atoms with Crippen LogP contribution < -0.4 is 5.32 Å². The van der Waals surface area contributed by atoms with Gasteiger partial charge in [0.25, 0.3) is 5.91 Å². The van der Waals surface area contributed by atoms with E-state index >= 15 is 0 Å². The standard InChI is InChI=1S/C13H14N2O2/c1-3-17-9-11(8-14)13(16)15-12-6-4-5-10(2)7-12/h4-7,9H,3H2,1-2H3,(H,15,16). The van der Waals surface area contributed by atoms with E-state index in [1.165, 1.54) is 6.26 Å². The normalized spacial score (nSPS) is 10.5. The molecule has 1 rings (SSSR count). The molecule has 0 aliphatic heterocycles. The lowest BCUT2D eigenvalue weighted by molar-refractivity contribution is -0.112. The predicted molar refractivity (Wildman–Crippen MR) is 65.1 cm³/mol. The van der Waals surface area contributed by atoms with Crippen LogP contribution in [0.4, 0.5) is 5.69 Å². The summed E-state index contributed by atoms with van der Waals surface area (Å²) in [5.41, 5.74) is 1.65. The van der Waals surface area contributed by atoms with Crippen LogP contribution in [0.5, 0.6) is 0 Å². The molecule has 0 radical (unpaired) electrons. The van der Waals surface area contributed by atoms with Crippen molar-refractivity contribution in [3.63, 3.8) is 0 Å². The van der Waals surface area contributed by atoms with Gasteiger partial charge in [-0.2, -0.15) is 5.26 Å². The van der Waals surface area contributed by atoms with Crippen molar-refractivity contribution in [2.45, 2.75) is 13.8 Å². The lowest BCUT2D eigenvalue weighted by Gasteiger charge is -2.04. The van der Waals surface area contributed by atoms with Crippen molar-refractivity contribution < 1.29 is 9.53 Å². The quantitative estimate of drug-likeness (QED) is 0.490. The van der Waals surface area contributed by atoms with Crippen LogP contribution >= 0.6 is 0 Å². The van der Waals surface area contributed by atoms with E-state index < -0.39 is 5.91 Å². The van der Waals surface area contributed by atoms with Gasteiger partial charge in [0, 0.05) is 5.69 Å². The number of hydrogen-bond acceptors (Lipinski definition) is 3. The second kappa shape index (κ2) is 6.33. The highest BCUT2D eigenvalue weighted by Crippen LogP contribution is 2.10. The second-order valence-corrected chi connectivity index (χ2v) is 3.42. The van der Waals surface area contributed by atoms with E-state index in [9.17, 15) is 4.79 Å². The molecule has 0 unspecified atom stereocenters. The summed E-state index contributed by atoms with van der Waals surface area (Å²) in [6, 6.07) is 9.15. The molecule has 0 atom stereocenters. The molecule has 0 saturated carbocycles. The molecule has 0 spiro atoms. The zero-order chi connectivity index (χ0) is 12.7. The first-order chi connectivity index (χ1) is 8.17. The minimum absolute atomic E-state index is 0.0478. The fourth-order valence-electron chi connectivity index (χ4n) is 1.22. The maximum atomic E-state index is 11.7. The van der Waals surface area contributed by atoms with Crippen molar-refractivity contribution in [1.29, 1.82) is 5.26 Å². The highest BCUT2D eigenvalue weighted by Gasteiger charge is 2.09. The summed E-state index contributed by atoms with van der Waals surface area (Å²) in [5.74, 6) is -0.466. The monoisotopic (exact) mass is 230 g/mol. The van der Waals surface area contributed by atoms with Crippen molar-refractivity contribution in [3.05, 3.63) is 41.7 Å². The van der Waals surface area contributed by atoms with Gasteiger partial charge < -0.3 is 10.1 Å². The number of nitrogens with zero attached hydrogens (tertiary/aromatic N) is 1. The Balaban J connectivity index is 2.75. The molecule has 1 aromatic carbocycles. The van der Waals surface area contributed by atoms with E-state index in [1.54, 1.807) is 19.1 Å². The number of anilines is 1. The molecule has 1 amide bonds. The third-order valence-corrected chi connectivity index (χ3v) is 2.01. The number of benzene rings is 1. The molecule has 4 heteroatoms. The van der Waals surface area contributed by atoms with Crippen LogP contribution in [0.1, 0.15) is 12.5 Å². The Morgan fingerprint density at radius 1 is 1.59 bits per heavy atom. The van der Waals surface area contributed by atoms with E-state index in [2.05, 4.69) is 5.32 Å². The van der Waals surface area contributed by atoms with Crippen LogP contribution in [-0.4, -0.2) is 12.5 Å². The molecule has 0 aromatic heterocycles. The number of aryl methyl sites for hydroxylation is 1. The van der Waals surface area contributed by atoms with Crippen LogP contribution in [0.25, 0.3) is 0 Å². The predicted octanol–water partition coefficient (Wildman–Crippen LogP) is 2.38. The van der Waals surface area contributed by atoms with Crippen molar-refractivity contribution >= 4 is 11.6 Å². The SMILES string of the molecule is CCOC=C(C#N)C(=O)Nc1cccc(C)c1. The van der Waals surface area contributed by atoms with Gasteiger partial charge in [-0.25, -0.2) is 0 Å². The number of carbonyl (C=O) groups is 1. The molecule has 0 saturated heterocycles. The Bertz CT molecular complexity index is 473. The van der Waals surface area contributed by atoms with Gasteiger partial charge in [-0.1, -0.05) is 12.1 Å². The molecule has 0 bridgehead atoms. The number of carbonyl (C=O) groups excluding carboxylic acids is 1. The van der Waals surface area contributed by atoms with Gasteiger partial charge in [0.2, 0.25) is 0 Å². The first kappa shape index (κ1) is 12.8. The fraction of sp³-hybridized carbons (Fsp3) is 0.231. The van der Waals surface area contributed by atoms with Crippen LogP contribution in [0.15, 0.2) is 36.1 Å². The number of nitriles is 1. The summed E-state index contributed by atoms with van der Waals surface area (Å²) in [5, 5.41) is 11.4. The smallest absolute Gasteiger partial charge is 0.269 e. The fourth-order valence-corrected chi connectivity index (χ4v) is 1.22. The lowest BCUT2D eigenvalue weighted by atomic mass is 10.2. The van der Waals surface area contributed by atoms with Crippen LogP contribution in [0, 0.1) is 18.3 Å². The summed E-state index contributed by atoms with van der Waals surface area (Å²) < 4.78 is 4.92. The van der Waals surface area contributed by atoms with E-state index in [4.69, 9.17) is 10.00 Å². The maximum Gasteiger partial charge on any atom is 0.269 e. The third kappa shape index (κ3) is 3.99. The highest BCUT2D eigenvalue weighted by molar-refractivity contribution is 6.06. The Hall–Kier alpha value is -2.28. The maximum absolute atomic E-state index is 11.7. The summed E-state index contributed by atoms with van der Waals surface area (Å²) in [6.07, 6.45) is 1.17. The lowest BCUT2D eigenvalue weighted by Crippen LogP contribution is -2.13. The van der Waals surface area contributed by atoms with Crippen molar-refractivity contribution in [1.82, 2.24) is 0 Å².